The third kappa shape index (κ3) is 8.56. The Morgan fingerprint density at radius 3 is 2.22 bits per heavy atom. The van der Waals surface area contributed by atoms with E-state index in [1.54, 1.807) is 0 Å². The lowest BCUT2D eigenvalue weighted by molar-refractivity contribution is -0.0333. The van der Waals surface area contributed by atoms with Crippen molar-refractivity contribution in [3.8, 4) is 0 Å². The fourth-order valence-corrected chi connectivity index (χ4v) is 5.45. The molecule has 188 valence electrons. The first kappa shape index (κ1) is 28.1. The minimum absolute atomic E-state index is 0. The number of guanidine groups is 1. The van der Waals surface area contributed by atoms with Gasteiger partial charge >= 0.3 is 0 Å². The highest BCUT2D eigenvalue weighted by Gasteiger charge is 2.38. The summed E-state index contributed by atoms with van der Waals surface area (Å²) in [5.74, 6) is 1.60. The van der Waals surface area contributed by atoms with Gasteiger partial charge in [-0.15, -0.1) is 24.0 Å². The molecule has 8 heteroatoms. The lowest BCUT2D eigenvalue weighted by Gasteiger charge is -2.47. The summed E-state index contributed by atoms with van der Waals surface area (Å²) in [6.45, 7) is 20.6. The number of nitrogens with zero attached hydrogens (tertiary/aromatic N) is 4. The van der Waals surface area contributed by atoms with Crippen molar-refractivity contribution in [2.45, 2.75) is 58.4 Å². The minimum atomic E-state index is 0. The van der Waals surface area contributed by atoms with Crippen LogP contribution in [0.5, 0.6) is 0 Å². The van der Waals surface area contributed by atoms with E-state index in [2.05, 4.69) is 46.1 Å². The van der Waals surface area contributed by atoms with Crippen LogP contribution in [-0.4, -0.2) is 111 Å². The van der Waals surface area contributed by atoms with Crippen molar-refractivity contribution in [1.82, 2.24) is 25.3 Å². The summed E-state index contributed by atoms with van der Waals surface area (Å²) in [4.78, 5) is 13.0. The molecule has 3 rings (SSSR count). The van der Waals surface area contributed by atoms with E-state index in [0.29, 0.717) is 5.92 Å². The molecular weight excluding hydrogens is 515 g/mol. The molecule has 0 spiro atoms. The standard InChI is InChI=1S/C24H48N6O.HI/c1-4-25-23(26-19-22(3)20-29-13-11-28(5-2)12-14-29)27-21-24(9-7-6-8-10-24)30-15-17-31-18-16-30;/h22H,4-21H2,1-3H3,(H2,25,26,27);1H. The zero-order valence-corrected chi connectivity index (χ0v) is 23.2. The number of piperazine rings is 1. The van der Waals surface area contributed by atoms with Crippen LogP contribution in [0.3, 0.4) is 0 Å². The maximum atomic E-state index is 5.63. The van der Waals surface area contributed by atoms with Gasteiger partial charge in [0.25, 0.3) is 0 Å². The number of aliphatic imine (C=N–C) groups is 1. The number of halogens is 1. The Bertz CT molecular complexity index is 529. The third-order valence-electron chi connectivity index (χ3n) is 7.44. The molecule has 1 aliphatic carbocycles. The van der Waals surface area contributed by atoms with Crippen LogP contribution in [0.15, 0.2) is 4.99 Å². The SMILES string of the molecule is CCNC(=NCC1(N2CCOCC2)CCCCC1)NCC(C)CN1CCN(CC)CC1.I. The van der Waals surface area contributed by atoms with Gasteiger partial charge in [-0.05, 0) is 32.2 Å². The van der Waals surface area contributed by atoms with Gasteiger partial charge in [-0.25, -0.2) is 0 Å². The summed E-state index contributed by atoms with van der Waals surface area (Å²) in [7, 11) is 0. The van der Waals surface area contributed by atoms with Crippen LogP contribution in [0.25, 0.3) is 0 Å². The first-order chi connectivity index (χ1) is 15.1. The van der Waals surface area contributed by atoms with Gasteiger partial charge in [-0.3, -0.25) is 9.89 Å². The molecule has 3 aliphatic rings. The van der Waals surface area contributed by atoms with Crippen molar-refractivity contribution < 1.29 is 4.74 Å². The fourth-order valence-electron chi connectivity index (χ4n) is 5.45. The molecule has 7 nitrogen and oxygen atoms in total. The molecule has 2 N–H and O–H groups in total. The second-order valence-corrected chi connectivity index (χ2v) is 9.80. The average Bonchev–Trinajstić information content (AvgIpc) is 2.82. The molecule has 3 fully saturated rings. The number of nitrogens with one attached hydrogen (secondary N) is 2. The second kappa shape index (κ2) is 15.0. The number of hydrogen-bond donors (Lipinski definition) is 2. The van der Waals surface area contributed by atoms with E-state index in [9.17, 15) is 0 Å². The Balaban J connectivity index is 0.00000363. The molecule has 2 saturated heterocycles. The van der Waals surface area contributed by atoms with Crippen molar-refractivity contribution in [2.75, 3.05) is 85.2 Å². The largest absolute Gasteiger partial charge is 0.379 e. The van der Waals surface area contributed by atoms with Crippen molar-refractivity contribution in [1.29, 1.82) is 0 Å². The van der Waals surface area contributed by atoms with E-state index in [1.807, 2.05) is 0 Å². The Morgan fingerprint density at radius 1 is 0.938 bits per heavy atom. The molecule has 0 aromatic rings. The van der Waals surface area contributed by atoms with Crippen LogP contribution in [-0.2, 0) is 4.74 Å². The molecule has 2 aliphatic heterocycles. The van der Waals surface area contributed by atoms with E-state index >= 15 is 0 Å². The van der Waals surface area contributed by atoms with Crippen LogP contribution < -0.4 is 10.6 Å². The second-order valence-electron chi connectivity index (χ2n) is 9.80. The number of morpholine rings is 1. The lowest BCUT2D eigenvalue weighted by Crippen LogP contribution is -2.56. The molecule has 1 saturated carbocycles. The highest BCUT2D eigenvalue weighted by Crippen LogP contribution is 2.34. The number of likely N-dealkylation sites (N-methyl/N-ethyl adjacent to an activating group) is 1. The van der Waals surface area contributed by atoms with Crippen LogP contribution in [0.2, 0.25) is 0 Å². The van der Waals surface area contributed by atoms with Crippen molar-refractivity contribution in [3.05, 3.63) is 0 Å². The monoisotopic (exact) mass is 564 g/mol. The Hall–Kier alpha value is -0.160. The molecule has 0 aromatic carbocycles. The maximum Gasteiger partial charge on any atom is 0.191 e. The smallest absolute Gasteiger partial charge is 0.191 e. The summed E-state index contributed by atoms with van der Waals surface area (Å²) in [6.07, 6.45) is 6.59. The van der Waals surface area contributed by atoms with Crippen molar-refractivity contribution in [3.63, 3.8) is 0 Å². The highest BCUT2D eigenvalue weighted by atomic mass is 127. The third-order valence-corrected chi connectivity index (χ3v) is 7.44. The molecular formula is C24H49IN6O. The van der Waals surface area contributed by atoms with Crippen LogP contribution in [0.4, 0.5) is 0 Å². The van der Waals surface area contributed by atoms with Crippen LogP contribution in [0.1, 0.15) is 52.9 Å². The summed E-state index contributed by atoms with van der Waals surface area (Å²) in [5.41, 5.74) is 0.231. The van der Waals surface area contributed by atoms with Gasteiger partial charge in [0, 0.05) is 64.4 Å². The van der Waals surface area contributed by atoms with Gasteiger partial charge in [0.2, 0.25) is 0 Å². The predicted molar refractivity (Wildman–Crippen MR) is 145 cm³/mol. The molecule has 0 amide bonds. The van der Waals surface area contributed by atoms with Crippen LogP contribution >= 0.6 is 24.0 Å². The topological polar surface area (TPSA) is 55.4 Å². The number of hydrogen-bond acceptors (Lipinski definition) is 5. The van der Waals surface area contributed by atoms with Gasteiger partial charge < -0.3 is 25.2 Å². The fraction of sp³-hybridized carbons (Fsp3) is 0.958. The normalized spacial score (nSPS) is 24.5. The quantitative estimate of drug-likeness (QED) is 0.255. The van der Waals surface area contributed by atoms with Gasteiger partial charge in [-0.1, -0.05) is 33.1 Å². The lowest BCUT2D eigenvalue weighted by atomic mass is 9.80. The Labute approximate surface area is 214 Å². The zero-order valence-electron chi connectivity index (χ0n) is 20.9. The van der Waals surface area contributed by atoms with Gasteiger partial charge in [0.1, 0.15) is 0 Å². The summed E-state index contributed by atoms with van der Waals surface area (Å²) >= 11 is 0. The molecule has 32 heavy (non-hydrogen) atoms. The van der Waals surface area contributed by atoms with Gasteiger partial charge in [0.15, 0.2) is 5.96 Å². The van der Waals surface area contributed by atoms with Crippen molar-refractivity contribution >= 4 is 29.9 Å². The number of rotatable bonds is 9. The van der Waals surface area contributed by atoms with Gasteiger partial charge in [0.05, 0.1) is 19.8 Å². The predicted octanol–water partition coefficient (Wildman–Crippen LogP) is 2.47. The van der Waals surface area contributed by atoms with E-state index in [1.165, 1.54) is 71.4 Å². The van der Waals surface area contributed by atoms with E-state index in [4.69, 9.17) is 9.73 Å². The van der Waals surface area contributed by atoms with Crippen molar-refractivity contribution in [2.24, 2.45) is 10.9 Å². The highest BCUT2D eigenvalue weighted by molar-refractivity contribution is 14.0. The summed E-state index contributed by atoms with van der Waals surface area (Å²) in [5, 5.41) is 7.14. The molecule has 1 unspecified atom stereocenters. The molecule has 0 bridgehead atoms. The molecule has 0 radical (unpaired) electrons. The molecule has 2 heterocycles. The van der Waals surface area contributed by atoms with E-state index in [-0.39, 0.29) is 29.5 Å². The van der Waals surface area contributed by atoms with Gasteiger partial charge in [-0.2, -0.15) is 0 Å². The minimum Gasteiger partial charge on any atom is -0.379 e. The number of ether oxygens (including phenoxy) is 1. The molecule has 1 atom stereocenters. The Morgan fingerprint density at radius 2 is 1.59 bits per heavy atom. The first-order valence-electron chi connectivity index (χ1n) is 12.9. The van der Waals surface area contributed by atoms with Crippen LogP contribution in [0, 0.1) is 5.92 Å². The summed E-state index contributed by atoms with van der Waals surface area (Å²) in [6, 6.07) is 0. The maximum absolute atomic E-state index is 5.63. The van der Waals surface area contributed by atoms with E-state index in [0.717, 1.165) is 51.9 Å². The molecule has 0 aromatic heterocycles. The zero-order chi connectivity index (χ0) is 21.9. The van der Waals surface area contributed by atoms with E-state index < -0.39 is 0 Å². The summed E-state index contributed by atoms with van der Waals surface area (Å²) < 4.78 is 5.63. The average molecular weight is 565 g/mol. The first-order valence-corrected chi connectivity index (χ1v) is 12.9. The Kier molecular flexibility index (Phi) is 13.1.